The highest BCUT2D eigenvalue weighted by Gasteiger charge is 2.10. The predicted octanol–water partition coefficient (Wildman–Crippen LogP) is 4.32. The highest BCUT2D eigenvalue weighted by Crippen LogP contribution is 2.27. The number of nitrogens with two attached hydrogens (primary N) is 1. The van der Waals surface area contributed by atoms with Crippen LogP contribution in [-0.4, -0.2) is 4.98 Å². The van der Waals surface area contributed by atoms with Crippen LogP contribution in [0.2, 0.25) is 0 Å². The summed E-state index contributed by atoms with van der Waals surface area (Å²) in [7, 11) is 0. The zero-order valence-electron chi connectivity index (χ0n) is 9.45. The van der Waals surface area contributed by atoms with Crippen LogP contribution in [0.3, 0.4) is 0 Å². The molecule has 2 nitrogen and oxygen atoms in total. The van der Waals surface area contributed by atoms with Gasteiger partial charge in [-0.1, -0.05) is 22.0 Å². The van der Waals surface area contributed by atoms with Crippen molar-refractivity contribution in [2.24, 2.45) is 5.73 Å². The summed E-state index contributed by atoms with van der Waals surface area (Å²) in [6.45, 7) is 3.72. The zero-order valence-corrected chi connectivity index (χ0v) is 11.9. The summed E-state index contributed by atoms with van der Waals surface area (Å²) in [5.74, 6) is 0. The Balaban J connectivity index is 0.00000144. The number of rotatable bonds is 4. The first-order valence-corrected chi connectivity index (χ1v) is 6.14. The molecule has 3 N–H and O–H groups in total. The van der Waals surface area contributed by atoms with Gasteiger partial charge in [0.05, 0.1) is 0 Å². The number of H-pyrrole nitrogens is 1. The van der Waals surface area contributed by atoms with Crippen LogP contribution in [0.1, 0.15) is 24.4 Å². The van der Waals surface area contributed by atoms with Gasteiger partial charge in [-0.2, -0.15) is 0 Å². The molecule has 0 fully saturated rings. The maximum Gasteiger partial charge on any atom is 0.0458 e. The average Bonchev–Trinajstić information content (AvgIpc) is 2.68. The van der Waals surface area contributed by atoms with Gasteiger partial charge >= 0.3 is 0 Å². The van der Waals surface area contributed by atoms with Crippen molar-refractivity contribution in [3.8, 4) is 0 Å². The minimum Gasteiger partial charge on any atom is -0.361 e. The molecule has 1 aromatic carbocycles. The molecule has 2 rings (SSSR count). The second kappa shape index (κ2) is 6.24. The number of aromatic nitrogens is 1. The van der Waals surface area contributed by atoms with Crippen molar-refractivity contribution in [2.45, 2.75) is 18.9 Å². The SMILES string of the molecule is C=CCC[C@@H](N)c1c[nH]c2ccc(Br)cc12.Cl. The molecule has 0 unspecified atom stereocenters. The standard InChI is InChI=1S/C13H15BrN2.ClH/c1-2-3-4-12(15)11-8-16-13-6-5-9(14)7-10(11)13;/h2,5-8,12,16H,1,3-4,15H2;1H/t12-;/m1./s1. The van der Waals surface area contributed by atoms with Crippen LogP contribution in [-0.2, 0) is 0 Å². The molecule has 0 aliphatic heterocycles. The molecule has 0 aliphatic carbocycles. The number of hydrogen-bond donors (Lipinski definition) is 2. The summed E-state index contributed by atoms with van der Waals surface area (Å²) in [5, 5.41) is 1.20. The summed E-state index contributed by atoms with van der Waals surface area (Å²) in [6.07, 6.45) is 5.79. The molecular weight excluding hydrogens is 300 g/mol. The molecule has 0 saturated carbocycles. The number of hydrogen-bond acceptors (Lipinski definition) is 1. The van der Waals surface area contributed by atoms with Gasteiger partial charge in [0.15, 0.2) is 0 Å². The Kier molecular flexibility index (Phi) is 5.25. The lowest BCUT2D eigenvalue weighted by atomic mass is 10.0. The predicted molar refractivity (Wildman–Crippen MR) is 79.6 cm³/mol. The third-order valence-electron chi connectivity index (χ3n) is 2.76. The largest absolute Gasteiger partial charge is 0.361 e. The molecule has 0 amide bonds. The quantitative estimate of drug-likeness (QED) is 0.811. The van der Waals surface area contributed by atoms with E-state index in [1.807, 2.05) is 18.3 Å². The van der Waals surface area contributed by atoms with Gasteiger partial charge in [0, 0.05) is 27.6 Å². The van der Waals surface area contributed by atoms with Crippen molar-refractivity contribution in [1.82, 2.24) is 4.98 Å². The Morgan fingerprint density at radius 3 is 2.94 bits per heavy atom. The minimum atomic E-state index is 0. The number of halogens is 2. The Labute approximate surface area is 116 Å². The molecule has 2 aromatic rings. The van der Waals surface area contributed by atoms with Crippen molar-refractivity contribution < 1.29 is 0 Å². The highest BCUT2D eigenvalue weighted by molar-refractivity contribution is 9.10. The van der Waals surface area contributed by atoms with Crippen LogP contribution < -0.4 is 5.73 Å². The summed E-state index contributed by atoms with van der Waals surface area (Å²) < 4.78 is 1.08. The van der Waals surface area contributed by atoms with E-state index in [2.05, 4.69) is 39.6 Å². The van der Waals surface area contributed by atoms with Gasteiger partial charge in [-0.25, -0.2) is 0 Å². The fourth-order valence-corrected chi connectivity index (χ4v) is 2.24. The van der Waals surface area contributed by atoms with Crippen molar-refractivity contribution in [2.75, 3.05) is 0 Å². The van der Waals surface area contributed by atoms with Crippen molar-refractivity contribution >= 4 is 39.2 Å². The van der Waals surface area contributed by atoms with Gasteiger partial charge in [0.25, 0.3) is 0 Å². The Bertz CT molecular complexity index is 507. The van der Waals surface area contributed by atoms with Crippen LogP contribution in [0.25, 0.3) is 10.9 Å². The van der Waals surface area contributed by atoms with E-state index in [1.54, 1.807) is 0 Å². The zero-order chi connectivity index (χ0) is 11.5. The Morgan fingerprint density at radius 2 is 2.24 bits per heavy atom. The molecule has 17 heavy (non-hydrogen) atoms. The van der Waals surface area contributed by atoms with Gasteiger partial charge in [0.2, 0.25) is 0 Å². The second-order valence-corrected chi connectivity index (χ2v) is 4.82. The number of fused-ring (bicyclic) bond motifs is 1. The average molecular weight is 316 g/mol. The fourth-order valence-electron chi connectivity index (χ4n) is 1.87. The first kappa shape index (κ1) is 14.3. The third-order valence-corrected chi connectivity index (χ3v) is 3.25. The summed E-state index contributed by atoms with van der Waals surface area (Å²) in [5.41, 5.74) is 8.47. The van der Waals surface area contributed by atoms with Crippen LogP contribution in [0, 0.1) is 0 Å². The minimum absolute atomic E-state index is 0. The van der Waals surface area contributed by atoms with Crippen LogP contribution in [0.5, 0.6) is 0 Å². The fraction of sp³-hybridized carbons (Fsp3) is 0.231. The smallest absolute Gasteiger partial charge is 0.0458 e. The normalized spacial score (nSPS) is 12.1. The molecular formula is C13H16BrClN2. The molecule has 0 aliphatic rings. The van der Waals surface area contributed by atoms with Crippen molar-refractivity contribution in [1.29, 1.82) is 0 Å². The molecule has 4 heteroatoms. The van der Waals surface area contributed by atoms with Crippen molar-refractivity contribution in [3.05, 3.63) is 47.1 Å². The maximum atomic E-state index is 6.16. The van der Waals surface area contributed by atoms with E-state index >= 15 is 0 Å². The van der Waals surface area contributed by atoms with Crippen LogP contribution >= 0.6 is 28.3 Å². The van der Waals surface area contributed by atoms with Gasteiger partial charge in [-0.05, 0) is 36.6 Å². The molecule has 0 saturated heterocycles. The number of nitrogens with one attached hydrogen (secondary N) is 1. The van der Waals surface area contributed by atoms with E-state index in [-0.39, 0.29) is 18.4 Å². The van der Waals surface area contributed by atoms with Crippen LogP contribution in [0.15, 0.2) is 41.5 Å². The number of aromatic amines is 1. The topological polar surface area (TPSA) is 41.8 Å². The Hall–Kier alpha value is -0.770. The van der Waals surface area contributed by atoms with Gasteiger partial charge in [-0.15, -0.1) is 19.0 Å². The lowest BCUT2D eigenvalue weighted by molar-refractivity contribution is 0.666. The molecule has 1 atom stereocenters. The number of benzene rings is 1. The molecule has 0 bridgehead atoms. The van der Waals surface area contributed by atoms with Gasteiger partial charge in [-0.3, -0.25) is 0 Å². The van der Waals surface area contributed by atoms with Crippen LogP contribution in [0.4, 0.5) is 0 Å². The third kappa shape index (κ3) is 3.12. The summed E-state index contributed by atoms with van der Waals surface area (Å²) >= 11 is 3.48. The second-order valence-electron chi connectivity index (χ2n) is 3.91. The molecule has 0 radical (unpaired) electrons. The highest BCUT2D eigenvalue weighted by atomic mass is 79.9. The molecule has 1 heterocycles. The van der Waals surface area contributed by atoms with Gasteiger partial charge in [0.1, 0.15) is 0 Å². The summed E-state index contributed by atoms with van der Waals surface area (Å²) in [4.78, 5) is 3.25. The van der Waals surface area contributed by atoms with E-state index in [9.17, 15) is 0 Å². The van der Waals surface area contributed by atoms with E-state index in [0.717, 1.165) is 22.8 Å². The van der Waals surface area contributed by atoms with E-state index < -0.39 is 0 Å². The van der Waals surface area contributed by atoms with E-state index in [0.29, 0.717) is 0 Å². The lowest BCUT2D eigenvalue weighted by Crippen LogP contribution is -2.08. The summed E-state index contributed by atoms with van der Waals surface area (Å²) in [6, 6.07) is 6.26. The first-order chi connectivity index (χ1) is 7.72. The monoisotopic (exact) mass is 314 g/mol. The number of allylic oxidation sites excluding steroid dienone is 1. The molecule has 92 valence electrons. The van der Waals surface area contributed by atoms with E-state index in [4.69, 9.17) is 5.73 Å². The lowest BCUT2D eigenvalue weighted by Gasteiger charge is -2.09. The first-order valence-electron chi connectivity index (χ1n) is 5.35. The van der Waals surface area contributed by atoms with Crippen molar-refractivity contribution in [3.63, 3.8) is 0 Å². The molecule has 0 spiro atoms. The van der Waals surface area contributed by atoms with E-state index in [1.165, 1.54) is 10.9 Å². The Morgan fingerprint density at radius 1 is 1.47 bits per heavy atom. The van der Waals surface area contributed by atoms with Gasteiger partial charge < -0.3 is 10.7 Å². The molecule has 1 aromatic heterocycles. The maximum absolute atomic E-state index is 6.16.